The van der Waals surface area contributed by atoms with Crippen molar-refractivity contribution in [3.63, 3.8) is 0 Å². The molecule has 1 heterocycles. The zero-order chi connectivity index (χ0) is 27.6. The fraction of sp³-hybridized carbons (Fsp3) is 0.320. The average Bonchev–Trinajstić information content (AvgIpc) is 2.82. The van der Waals surface area contributed by atoms with E-state index in [4.69, 9.17) is 18.6 Å². The molecule has 0 aliphatic carbocycles. The van der Waals surface area contributed by atoms with Gasteiger partial charge in [0.1, 0.15) is 11.3 Å². The summed E-state index contributed by atoms with van der Waals surface area (Å²) in [6, 6.07) is 3.97. The number of rotatable bonds is 8. The van der Waals surface area contributed by atoms with E-state index in [-0.39, 0.29) is 30.3 Å². The van der Waals surface area contributed by atoms with Gasteiger partial charge in [-0.1, -0.05) is 0 Å². The van der Waals surface area contributed by atoms with Crippen LogP contribution in [0.25, 0.3) is 11.0 Å². The fourth-order valence-corrected chi connectivity index (χ4v) is 3.34. The molecule has 0 bridgehead atoms. The molecule has 3 aromatic rings. The molecule has 0 spiro atoms. The third-order valence-electron chi connectivity index (χ3n) is 5.10. The first kappa shape index (κ1) is 27.6. The summed E-state index contributed by atoms with van der Waals surface area (Å²) in [4.78, 5) is 36.4. The van der Waals surface area contributed by atoms with Crippen molar-refractivity contribution in [2.45, 2.75) is 52.7 Å². The highest BCUT2D eigenvalue weighted by atomic mass is 19.2. The lowest BCUT2D eigenvalue weighted by Gasteiger charge is -2.17. The van der Waals surface area contributed by atoms with Crippen LogP contribution in [-0.4, -0.2) is 24.1 Å². The summed E-state index contributed by atoms with van der Waals surface area (Å²) in [7, 11) is 0. The van der Waals surface area contributed by atoms with Crippen molar-refractivity contribution in [3.05, 3.63) is 68.8 Å². The van der Waals surface area contributed by atoms with Gasteiger partial charge in [0, 0.05) is 23.9 Å². The van der Waals surface area contributed by atoms with Crippen molar-refractivity contribution in [2.24, 2.45) is 0 Å². The molecule has 0 aliphatic rings. The number of esters is 2. The fourth-order valence-electron chi connectivity index (χ4n) is 3.34. The number of hydrogen-bond acceptors (Lipinski definition) is 7. The van der Waals surface area contributed by atoms with E-state index in [1.165, 1.54) is 18.2 Å². The minimum Gasteiger partial charge on any atom is -0.473 e. The number of hydrogen-bond donors (Lipinski definition) is 0. The molecule has 0 amide bonds. The first-order valence-electron chi connectivity index (χ1n) is 11.0. The zero-order valence-corrected chi connectivity index (χ0v) is 20.0. The SMILES string of the molecule is Cc1cc(=O)oc2cc(OC(=O)C(C)Oc3c(F)c(F)c(F)c(F)c3F)c(CCC(=O)OC(C)C)cc12. The first-order valence-corrected chi connectivity index (χ1v) is 11.0. The van der Waals surface area contributed by atoms with Gasteiger partial charge < -0.3 is 18.6 Å². The summed E-state index contributed by atoms with van der Waals surface area (Å²) in [5.74, 6) is -15.0. The van der Waals surface area contributed by atoms with Crippen molar-refractivity contribution >= 4 is 22.9 Å². The molecule has 3 rings (SSSR count). The number of ether oxygens (including phenoxy) is 3. The predicted octanol–water partition coefficient (Wildman–Crippen LogP) is 5.05. The molecule has 0 aliphatic heterocycles. The van der Waals surface area contributed by atoms with Crippen molar-refractivity contribution < 1.29 is 50.2 Å². The topological polar surface area (TPSA) is 92.0 Å². The molecular weight excluding hydrogens is 507 g/mol. The van der Waals surface area contributed by atoms with Gasteiger partial charge >= 0.3 is 17.6 Å². The molecule has 0 saturated heterocycles. The highest BCUT2D eigenvalue weighted by Gasteiger charge is 2.30. The van der Waals surface area contributed by atoms with Gasteiger partial charge in [-0.05, 0) is 51.3 Å². The summed E-state index contributed by atoms with van der Waals surface area (Å²) in [6.45, 7) is 5.93. The minimum absolute atomic E-state index is 0.0234. The Labute approximate surface area is 206 Å². The van der Waals surface area contributed by atoms with Crippen LogP contribution in [0.5, 0.6) is 11.5 Å². The second-order valence-corrected chi connectivity index (χ2v) is 8.32. The molecule has 12 heteroatoms. The predicted molar refractivity (Wildman–Crippen MR) is 119 cm³/mol. The number of carbonyl (C=O) groups is 2. The van der Waals surface area contributed by atoms with E-state index < -0.39 is 58.5 Å². The van der Waals surface area contributed by atoms with Crippen molar-refractivity contribution in [2.75, 3.05) is 0 Å². The van der Waals surface area contributed by atoms with Crippen LogP contribution in [0, 0.1) is 36.0 Å². The molecule has 0 radical (unpaired) electrons. The van der Waals surface area contributed by atoms with Crippen molar-refractivity contribution in [3.8, 4) is 11.5 Å². The van der Waals surface area contributed by atoms with Crippen LogP contribution in [0.4, 0.5) is 22.0 Å². The Morgan fingerprint density at radius 2 is 1.51 bits per heavy atom. The van der Waals surface area contributed by atoms with Crippen LogP contribution in [-0.2, 0) is 20.7 Å². The lowest BCUT2D eigenvalue weighted by atomic mass is 10.0. The zero-order valence-electron chi connectivity index (χ0n) is 20.0. The molecule has 37 heavy (non-hydrogen) atoms. The van der Waals surface area contributed by atoms with Gasteiger partial charge in [0.2, 0.25) is 29.1 Å². The monoisotopic (exact) mass is 528 g/mol. The van der Waals surface area contributed by atoms with Gasteiger partial charge in [-0.15, -0.1) is 0 Å². The van der Waals surface area contributed by atoms with Crippen LogP contribution in [0.3, 0.4) is 0 Å². The molecule has 0 fully saturated rings. The van der Waals surface area contributed by atoms with Crippen LogP contribution >= 0.6 is 0 Å². The van der Waals surface area contributed by atoms with Crippen molar-refractivity contribution in [1.82, 2.24) is 0 Å². The van der Waals surface area contributed by atoms with Gasteiger partial charge in [-0.25, -0.2) is 22.8 Å². The number of carbonyl (C=O) groups excluding carboxylic acids is 2. The van der Waals surface area contributed by atoms with E-state index in [0.29, 0.717) is 16.5 Å². The molecule has 1 aromatic heterocycles. The Bertz CT molecular complexity index is 1400. The second kappa shape index (κ2) is 11.0. The third kappa shape index (κ3) is 6.07. The van der Waals surface area contributed by atoms with Gasteiger partial charge in [0.25, 0.3) is 0 Å². The second-order valence-electron chi connectivity index (χ2n) is 8.32. The Balaban J connectivity index is 1.93. The molecule has 198 valence electrons. The third-order valence-corrected chi connectivity index (χ3v) is 5.10. The summed E-state index contributed by atoms with van der Waals surface area (Å²) >= 11 is 0. The maximum Gasteiger partial charge on any atom is 0.352 e. The Morgan fingerprint density at radius 3 is 2.11 bits per heavy atom. The van der Waals surface area contributed by atoms with Gasteiger partial charge in [-0.2, -0.15) is 8.78 Å². The lowest BCUT2D eigenvalue weighted by molar-refractivity contribution is -0.147. The highest BCUT2D eigenvalue weighted by molar-refractivity contribution is 5.85. The molecule has 7 nitrogen and oxygen atoms in total. The largest absolute Gasteiger partial charge is 0.473 e. The van der Waals surface area contributed by atoms with E-state index >= 15 is 0 Å². The molecule has 1 atom stereocenters. The van der Waals surface area contributed by atoms with E-state index in [9.17, 15) is 36.3 Å². The Kier molecular flexibility index (Phi) is 8.19. The van der Waals surface area contributed by atoms with Gasteiger partial charge in [-0.3, -0.25) is 4.79 Å². The van der Waals surface area contributed by atoms with Gasteiger partial charge in [0.05, 0.1) is 6.10 Å². The number of fused-ring (bicyclic) bond motifs is 1. The maximum absolute atomic E-state index is 14.0. The first-order chi connectivity index (χ1) is 17.3. The van der Waals surface area contributed by atoms with Gasteiger partial charge in [0.15, 0.2) is 11.9 Å². The number of halogens is 5. The number of aryl methyl sites for hydroxylation is 2. The maximum atomic E-state index is 14.0. The molecule has 0 N–H and O–H groups in total. The van der Waals surface area contributed by atoms with E-state index in [1.807, 2.05) is 0 Å². The Morgan fingerprint density at radius 1 is 0.919 bits per heavy atom. The van der Waals surface area contributed by atoms with E-state index in [1.54, 1.807) is 20.8 Å². The van der Waals surface area contributed by atoms with Crippen LogP contribution in [0.1, 0.15) is 38.3 Å². The summed E-state index contributed by atoms with van der Waals surface area (Å²) in [5.41, 5.74) is 0.202. The molecule has 2 aromatic carbocycles. The molecule has 1 unspecified atom stereocenters. The summed E-state index contributed by atoms with van der Waals surface area (Å²) < 4.78 is 88.3. The Hall–Kier alpha value is -3.96. The number of benzene rings is 2. The van der Waals surface area contributed by atoms with Crippen LogP contribution in [0.2, 0.25) is 0 Å². The van der Waals surface area contributed by atoms with Crippen LogP contribution in [0.15, 0.2) is 27.4 Å². The summed E-state index contributed by atoms with van der Waals surface area (Å²) in [5, 5.41) is 0.484. The highest BCUT2D eigenvalue weighted by Crippen LogP contribution is 2.31. The molecule has 0 saturated carbocycles. The van der Waals surface area contributed by atoms with Crippen molar-refractivity contribution in [1.29, 1.82) is 0 Å². The lowest BCUT2D eigenvalue weighted by Crippen LogP contribution is -2.30. The van der Waals surface area contributed by atoms with Crippen LogP contribution < -0.4 is 15.1 Å². The standard InChI is InChI=1S/C25H21F5O7/c1-10(2)34-17(31)6-5-13-8-14-11(3)7-18(32)36-16(14)9-15(13)37-25(33)12(4)35-24-22(29)20(27)19(26)21(28)23(24)30/h7-10,12H,5-6H2,1-4H3. The van der Waals surface area contributed by atoms with E-state index in [0.717, 1.165) is 6.92 Å². The smallest absolute Gasteiger partial charge is 0.352 e. The van der Waals surface area contributed by atoms with E-state index in [2.05, 4.69) is 0 Å². The quantitative estimate of drug-likeness (QED) is 0.101. The normalized spacial score (nSPS) is 12.1. The summed E-state index contributed by atoms with van der Waals surface area (Å²) in [6.07, 6.45) is -2.29. The molecular formula is C25H21F5O7. The minimum atomic E-state index is -2.38. The average molecular weight is 528 g/mol.